The first-order valence-corrected chi connectivity index (χ1v) is 10.0. The van der Waals surface area contributed by atoms with Gasteiger partial charge >= 0.3 is 0 Å². The van der Waals surface area contributed by atoms with Crippen LogP contribution >= 0.6 is 22.9 Å². The highest BCUT2D eigenvalue weighted by atomic mass is 35.5. The number of benzene rings is 1. The first-order valence-electron chi connectivity index (χ1n) is 7.40. The summed E-state index contributed by atoms with van der Waals surface area (Å²) in [4.78, 5) is 0. The van der Waals surface area contributed by atoms with Gasteiger partial charge in [0.15, 0.2) is 4.21 Å². The fraction of sp³-hybridized carbons (Fsp3) is 0.467. The molecule has 23 heavy (non-hydrogen) atoms. The molecule has 0 bridgehead atoms. The Hall–Kier alpha value is -0.700. The van der Waals surface area contributed by atoms with Crippen LogP contribution in [0.15, 0.2) is 28.5 Å². The van der Waals surface area contributed by atoms with E-state index in [0.29, 0.717) is 44.4 Å². The van der Waals surface area contributed by atoms with Crippen molar-refractivity contribution in [3.05, 3.63) is 29.3 Å². The minimum atomic E-state index is -3.69. The fourth-order valence-electron chi connectivity index (χ4n) is 3.26. The first kappa shape index (κ1) is 15.8. The molecule has 2 fully saturated rings. The van der Waals surface area contributed by atoms with Gasteiger partial charge in [0.2, 0.25) is 0 Å². The highest BCUT2D eigenvalue weighted by Gasteiger charge is 2.50. The quantitative estimate of drug-likeness (QED) is 0.812. The van der Waals surface area contributed by atoms with Crippen LogP contribution in [-0.4, -0.2) is 51.2 Å². The molecule has 5 nitrogen and oxygen atoms in total. The maximum Gasteiger partial charge on any atom is 0.254 e. The van der Waals surface area contributed by atoms with Crippen molar-refractivity contribution in [2.45, 2.75) is 16.2 Å². The van der Waals surface area contributed by atoms with E-state index in [4.69, 9.17) is 21.1 Å². The van der Waals surface area contributed by atoms with Gasteiger partial charge in [0, 0.05) is 23.2 Å². The Morgan fingerprint density at radius 3 is 2.61 bits per heavy atom. The smallest absolute Gasteiger partial charge is 0.254 e. The van der Waals surface area contributed by atoms with Crippen molar-refractivity contribution < 1.29 is 17.9 Å². The maximum atomic E-state index is 13.3. The highest BCUT2D eigenvalue weighted by Crippen LogP contribution is 2.42. The van der Waals surface area contributed by atoms with E-state index in [1.54, 1.807) is 4.31 Å². The predicted molar refractivity (Wildman–Crippen MR) is 89.7 cm³/mol. The molecule has 1 aromatic carbocycles. The van der Waals surface area contributed by atoms with Crippen LogP contribution in [0.1, 0.15) is 6.42 Å². The number of ether oxygens (including phenoxy) is 2. The first-order chi connectivity index (χ1) is 11.0. The summed E-state index contributed by atoms with van der Waals surface area (Å²) < 4.78 is 40.2. The third kappa shape index (κ3) is 2.42. The minimum Gasteiger partial charge on any atom is -0.379 e. The largest absolute Gasteiger partial charge is 0.379 e. The highest BCUT2D eigenvalue weighted by molar-refractivity contribution is 7.91. The summed E-state index contributed by atoms with van der Waals surface area (Å²) in [6.07, 6.45) is 0.648. The molecule has 4 rings (SSSR count). The van der Waals surface area contributed by atoms with Crippen LogP contribution in [-0.2, 0) is 19.5 Å². The second-order valence-corrected chi connectivity index (χ2v) is 9.34. The Morgan fingerprint density at radius 1 is 1.17 bits per heavy atom. The zero-order valence-corrected chi connectivity index (χ0v) is 14.7. The van der Waals surface area contributed by atoms with E-state index in [1.807, 2.05) is 24.3 Å². The Labute approximate surface area is 143 Å². The predicted octanol–water partition coefficient (Wildman–Crippen LogP) is 2.73. The van der Waals surface area contributed by atoms with Crippen molar-refractivity contribution in [1.29, 1.82) is 0 Å². The lowest BCUT2D eigenvalue weighted by Gasteiger charge is -2.41. The van der Waals surface area contributed by atoms with Crippen molar-refractivity contribution in [1.82, 2.24) is 4.31 Å². The molecule has 8 heteroatoms. The van der Waals surface area contributed by atoms with Crippen molar-refractivity contribution in [3.8, 4) is 0 Å². The molecule has 2 aliphatic rings. The molecule has 124 valence electrons. The third-order valence-electron chi connectivity index (χ3n) is 4.45. The number of morpholine rings is 1. The standard InChI is InChI=1S/C15H16ClNO4S2/c16-13-11-3-1-2-4-12(11)22-14(13)23(18,19)17-6-8-21-10-15(17)5-7-20-9-15/h1-4H,5-10H2. The van der Waals surface area contributed by atoms with Crippen molar-refractivity contribution >= 4 is 43.0 Å². The van der Waals surface area contributed by atoms with Gasteiger partial charge in [0.25, 0.3) is 10.0 Å². The zero-order valence-electron chi connectivity index (χ0n) is 12.3. The lowest BCUT2D eigenvalue weighted by atomic mass is 9.99. The average Bonchev–Trinajstić information content (AvgIpc) is 3.14. The van der Waals surface area contributed by atoms with E-state index < -0.39 is 15.6 Å². The Kier molecular flexibility index (Phi) is 3.91. The Balaban J connectivity index is 1.83. The van der Waals surface area contributed by atoms with Crippen LogP contribution in [0, 0.1) is 0 Å². The second kappa shape index (κ2) is 5.68. The van der Waals surface area contributed by atoms with Crippen LogP contribution in [0.2, 0.25) is 5.02 Å². The van der Waals surface area contributed by atoms with Crippen molar-refractivity contribution in [3.63, 3.8) is 0 Å². The number of hydrogen-bond acceptors (Lipinski definition) is 5. The molecular weight excluding hydrogens is 358 g/mol. The van der Waals surface area contributed by atoms with Gasteiger partial charge in [-0.05, 0) is 12.5 Å². The van der Waals surface area contributed by atoms with Gasteiger partial charge in [-0.1, -0.05) is 29.8 Å². The van der Waals surface area contributed by atoms with Crippen LogP contribution in [0.3, 0.4) is 0 Å². The molecule has 0 N–H and O–H groups in total. The molecule has 1 aromatic heterocycles. The molecule has 1 atom stereocenters. The average molecular weight is 374 g/mol. The van der Waals surface area contributed by atoms with Gasteiger partial charge in [0.05, 0.1) is 30.4 Å². The monoisotopic (exact) mass is 373 g/mol. The number of hydrogen-bond donors (Lipinski definition) is 0. The van der Waals surface area contributed by atoms with Crippen molar-refractivity contribution in [2.24, 2.45) is 0 Å². The summed E-state index contributed by atoms with van der Waals surface area (Å²) >= 11 is 7.62. The topological polar surface area (TPSA) is 55.8 Å². The molecular formula is C15H16ClNO4S2. The van der Waals surface area contributed by atoms with Crippen molar-refractivity contribution in [2.75, 3.05) is 33.0 Å². The Morgan fingerprint density at radius 2 is 1.91 bits per heavy atom. The molecule has 0 radical (unpaired) electrons. The molecule has 0 saturated carbocycles. The number of rotatable bonds is 2. The fourth-order valence-corrected chi connectivity index (χ4v) is 7.23. The maximum absolute atomic E-state index is 13.3. The van der Waals surface area contributed by atoms with Gasteiger partial charge in [-0.2, -0.15) is 4.31 Å². The zero-order chi connectivity index (χ0) is 16.1. The van der Waals surface area contributed by atoms with Gasteiger partial charge in [-0.15, -0.1) is 11.3 Å². The summed E-state index contributed by atoms with van der Waals surface area (Å²) in [5.74, 6) is 0. The van der Waals surface area contributed by atoms with Gasteiger partial charge < -0.3 is 9.47 Å². The van der Waals surface area contributed by atoms with Crippen LogP contribution in [0.25, 0.3) is 10.1 Å². The van der Waals surface area contributed by atoms with Gasteiger partial charge in [-0.25, -0.2) is 8.42 Å². The van der Waals surface area contributed by atoms with E-state index >= 15 is 0 Å². The van der Waals surface area contributed by atoms with E-state index in [1.165, 1.54) is 11.3 Å². The molecule has 2 saturated heterocycles. The van der Waals surface area contributed by atoms with E-state index in [-0.39, 0.29) is 4.21 Å². The minimum absolute atomic E-state index is 0.216. The molecule has 2 aliphatic heterocycles. The van der Waals surface area contributed by atoms with Gasteiger partial charge in [-0.3, -0.25) is 0 Å². The summed E-state index contributed by atoms with van der Waals surface area (Å²) in [7, 11) is -3.69. The van der Waals surface area contributed by atoms with Crippen LogP contribution < -0.4 is 0 Å². The molecule has 0 aliphatic carbocycles. The normalized spacial score (nSPS) is 26.3. The van der Waals surface area contributed by atoms with E-state index in [2.05, 4.69) is 0 Å². The number of thiophene rings is 1. The molecule has 3 heterocycles. The second-order valence-electron chi connectivity index (χ2n) is 5.86. The summed E-state index contributed by atoms with van der Waals surface area (Å²) in [5, 5.41) is 1.09. The third-order valence-corrected chi connectivity index (χ3v) is 8.74. The van der Waals surface area contributed by atoms with Crippen LogP contribution in [0.5, 0.6) is 0 Å². The number of fused-ring (bicyclic) bond motifs is 1. The van der Waals surface area contributed by atoms with E-state index in [0.717, 1.165) is 10.1 Å². The van der Waals surface area contributed by atoms with E-state index in [9.17, 15) is 8.42 Å². The molecule has 1 unspecified atom stereocenters. The summed E-state index contributed by atoms with van der Waals surface area (Å²) in [6, 6.07) is 7.48. The lowest BCUT2D eigenvalue weighted by molar-refractivity contribution is -0.0292. The molecule has 2 aromatic rings. The van der Waals surface area contributed by atoms with Gasteiger partial charge in [0.1, 0.15) is 0 Å². The number of sulfonamides is 1. The van der Waals surface area contributed by atoms with Crippen LogP contribution in [0.4, 0.5) is 0 Å². The number of nitrogens with zero attached hydrogens (tertiary/aromatic N) is 1. The molecule has 1 spiro atoms. The lowest BCUT2D eigenvalue weighted by Crippen LogP contribution is -2.59. The SMILES string of the molecule is O=S(=O)(c1sc2ccccc2c1Cl)N1CCOCC12CCOC2. The summed E-state index contributed by atoms with van der Waals surface area (Å²) in [5.41, 5.74) is -0.601. The Bertz CT molecular complexity index is 842. The molecule has 0 amide bonds. The number of halogens is 1. The summed E-state index contributed by atoms with van der Waals surface area (Å²) in [6.45, 7) is 2.01.